The number of nitrogens with zero attached hydrogens (tertiary/aromatic N) is 2. The van der Waals surface area contributed by atoms with Crippen molar-refractivity contribution in [1.29, 1.82) is 0 Å². The van der Waals surface area contributed by atoms with Crippen LogP contribution in [0.3, 0.4) is 0 Å². The van der Waals surface area contributed by atoms with Gasteiger partial charge in [0, 0.05) is 31.0 Å². The Bertz CT molecular complexity index is 569. The summed E-state index contributed by atoms with van der Waals surface area (Å²) in [5, 5.41) is 0.659. The predicted octanol–water partition coefficient (Wildman–Crippen LogP) is 3.07. The quantitative estimate of drug-likeness (QED) is 0.737. The zero-order valence-electron chi connectivity index (χ0n) is 12.0. The molecule has 1 heterocycles. The van der Waals surface area contributed by atoms with E-state index in [4.69, 9.17) is 16.3 Å². The summed E-state index contributed by atoms with van der Waals surface area (Å²) < 4.78 is 7.46. The van der Waals surface area contributed by atoms with Crippen molar-refractivity contribution in [2.75, 3.05) is 20.2 Å². The Kier molecular flexibility index (Phi) is 5.69. The molecule has 2 rings (SSSR count). The molecular formula is C16H19ClN2O2. The first kappa shape index (κ1) is 15.4. The number of hydrogen-bond acceptors (Lipinski definition) is 2. The number of rotatable bonds is 7. The molecule has 0 radical (unpaired) electrons. The molecule has 2 aromatic rings. The minimum absolute atomic E-state index is 0.0916. The van der Waals surface area contributed by atoms with Crippen LogP contribution >= 0.6 is 11.6 Å². The van der Waals surface area contributed by atoms with Crippen LogP contribution < -0.4 is 4.74 Å². The van der Waals surface area contributed by atoms with Gasteiger partial charge in [0.2, 0.25) is 5.91 Å². The van der Waals surface area contributed by atoms with Crippen molar-refractivity contribution in [2.24, 2.45) is 0 Å². The van der Waals surface area contributed by atoms with Crippen LogP contribution in [-0.4, -0.2) is 35.6 Å². The third-order valence-electron chi connectivity index (χ3n) is 3.11. The minimum atomic E-state index is 0.0916. The van der Waals surface area contributed by atoms with Crippen LogP contribution in [0.25, 0.3) is 0 Å². The molecule has 1 amide bonds. The van der Waals surface area contributed by atoms with Gasteiger partial charge >= 0.3 is 0 Å². The van der Waals surface area contributed by atoms with Crippen molar-refractivity contribution in [3.05, 3.63) is 53.8 Å². The molecule has 0 N–H and O–H groups in total. The smallest absolute Gasteiger partial charge is 0.242 e. The molecule has 0 saturated heterocycles. The molecule has 4 nitrogen and oxygen atoms in total. The lowest BCUT2D eigenvalue weighted by atomic mass is 10.3. The molecule has 0 saturated carbocycles. The molecule has 5 heteroatoms. The molecule has 112 valence electrons. The van der Waals surface area contributed by atoms with Gasteiger partial charge in [-0.2, -0.15) is 0 Å². The number of hydrogen-bond donors (Lipinski definition) is 0. The molecule has 21 heavy (non-hydrogen) atoms. The van der Waals surface area contributed by atoms with E-state index in [2.05, 4.69) is 0 Å². The molecule has 1 aromatic carbocycles. The van der Waals surface area contributed by atoms with E-state index in [0.29, 0.717) is 24.7 Å². The van der Waals surface area contributed by atoms with Crippen LogP contribution in [0.1, 0.15) is 6.42 Å². The van der Waals surface area contributed by atoms with Crippen molar-refractivity contribution in [3.8, 4) is 5.75 Å². The Morgan fingerprint density at radius 2 is 2.05 bits per heavy atom. The van der Waals surface area contributed by atoms with E-state index in [0.717, 1.165) is 12.2 Å². The van der Waals surface area contributed by atoms with E-state index >= 15 is 0 Å². The third kappa shape index (κ3) is 5.16. The van der Waals surface area contributed by atoms with Gasteiger partial charge in [-0.15, -0.1) is 0 Å². The van der Waals surface area contributed by atoms with Gasteiger partial charge in [-0.3, -0.25) is 4.79 Å². The second kappa shape index (κ2) is 7.74. The van der Waals surface area contributed by atoms with Gasteiger partial charge in [0.25, 0.3) is 0 Å². The van der Waals surface area contributed by atoms with Gasteiger partial charge in [-0.05, 0) is 36.8 Å². The number of halogens is 1. The highest BCUT2D eigenvalue weighted by Gasteiger charge is 2.08. The zero-order valence-corrected chi connectivity index (χ0v) is 12.8. The minimum Gasteiger partial charge on any atom is -0.493 e. The fraction of sp³-hybridized carbons (Fsp3) is 0.312. The number of ether oxygens (including phenoxy) is 1. The van der Waals surface area contributed by atoms with Gasteiger partial charge in [0.15, 0.2) is 0 Å². The summed E-state index contributed by atoms with van der Waals surface area (Å²) in [5.74, 6) is 0.845. The Hall–Kier alpha value is -1.94. The third-order valence-corrected chi connectivity index (χ3v) is 3.35. The molecule has 0 fully saturated rings. The SMILES string of the molecule is CN(CCCOc1cccc(Cl)c1)C(=O)Cn1cccc1. The Balaban J connectivity index is 1.67. The second-order valence-corrected chi connectivity index (χ2v) is 5.27. The van der Waals surface area contributed by atoms with Crippen LogP contribution in [0.15, 0.2) is 48.8 Å². The number of aromatic nitrogens is 1. The summed E-state index contributed by atoms with van der Waals surface area (Å²) in [5.41, 5.74) is 0. The van der Waals surface area contributed by atoms with Crippen LogP contribution in [0.5, 0.6) is 5.75 Å². The fourth-order valence-corrected chi connectivity index (χ4v) is 2.11. The Morgan fingerprint density at radius 1 is 1.29 bits per heavy atom. The lowest BCUT2D eigenvalue weighted by molar-refractivity contribution is -0.130. The molecule has 1 aromatic heterocycles. The summed E-state index contributed by atoms with van der Waals surface area (Å²) >= 11 is 5.88. The summed E-state index contributed by atoms with van der Waals surface area (Å²) in [6.07, 6.45) is 4.54. The molecule has 0 bridgehead atoms. The van der Waals surface area contributed by atoms with Gasteiger partial charge in [0.05, 0.1) is 6.61 Å². The summed E-state index contributed by atoms with van der Waals surface area (Å²) in [7, 11) is 1.81. The lowest BCUT2D eigenvalue weighted by Crippen LogP contribution is -2.31. The molecule has 0 aliphatic carbocycles. The molecule has 0 aliphatic heterocycles. The van der Waals surface area contributed by atoms with E-state index in [-0.39, 0.29) is 5.91 Å². The maximum Gasteiger partial charge on any atom is 0.242 e. The van der Waals surface area contributed by atoms with Crippen molar-refractivity contribution in [3.63, 3.8) is 0 Å². The van der Waals surface area contributed by atoms with Crippen LogP contribution in [-0.2, 0) is 11.3 Å². The number of benzene rings is 1. The maximum absolute atomic E-state index is 12.0. The highest BCUT2D eigenvalue weighted by molar-refractivity contribution is 6.30. The fourth-order valence-electron chi connectivity index (χ4n) is 1.93. The van der Waals surface area contributed by atoms with Crippen LogP contribution in [0.4, 0.5) is 0 Å². The van der Waals surface area contributed by atoms with E-state index in [1.807, 2.05) is 54.3 Å². The molecular weight excluding hydrogens is 288 g/mol. The van der Waals surface area contributed by atoms with E-state index in [9.17, 15) is 4.79 Å². The maximum atomic E-state index is 12.0. The first-order valence-electron chi connectivity index (χ1n) is 6.88. The Morgan fingerprint density at radius 3 is 2.76 bits per heavy atom. The van der Waals surface area contributed by atoms with Crippen molar-refractivity contribution >= 4 is 17.5 Å². The van der Waals surface area contributed by atoms with Crippen molar-refractivity contribution < 1.29 is 9.53 Å². The van der Waals surface area contributed by atoms with Gasteiger partial charge < -0.3 is 14.2 Å². The second-order valence-electron chi connectivity index (χ2n) is 4.83. The predicted molar refractivity (Wildman–Crippen MR) is 83.6 cm³/mol. The first-order chi connectivity index (χ1) is 10.1. The van der Waals surface area contributed by atoms with E-state index in [1.54, 1.807) is 11.0 Å². The summed E-state index contributed by atoms with van der Waals surface area (Å²) in [6, 6.07) is 11.1. The normalized spacial score (nSPS) is 10.4. The molecule has 0 atom stereocenters. The first-order valence-corrected chi connectivity index (χ1v) is 7.26. The Labute approximate surface area is 129 Å². The van der Waals surface area contributed by atoms with Gasteiger partial charge in [0.1, 0.15) is 12.3 Å². The lowest BCUT2D eigenvalue weighted by Gasteiger charge is -2.17. The molecule has 0 aliphatic rings. The summed E-state index contributed by atoms with van der Waals surface area (Å²) in [6.45, 7) is 1.60. The van der Waals surface area contributed by atoms with Gasteiger partial charge in [-0.25, -0.2) is 0 Å². The van der Waals surface area contributed by atoms with Crippen molar-refractivity contribution in [2.45, 2.75) is 13.0 Å². The van der Waals surface area contributed by atoms with Crippen LogP contribution in [0, 0.1) is 0 Å². The largest absolute Gasteiger partial charge is 0.493 e. The van der Waals surface area contributed by atoms with Crippen molar-refractivity contribution in [1.82, 2.24) is 9.47 Å². The average molecular weight is 307 g/mol. The molecule has 0 spiro atoms. The number of amides is 1. The van der Waals surface area contributed by atoms with Crippen LogP contribution in [0.2, 0.25) is 5.02 Å². The number of likely N-dealkylation sites (N-methyl/N-ethyl adjacent to an activating group) is 1. The highest BCUT2D eigenvalue weighted by Crippen LogP contribution is 2.17. The monoisotopic (exact) mass is 306 g/mol. The van der Waals surface area contributed by atoms with Gasteiger partial charge in [-0.1, -0.05) is 17.7 Å². The van der Waals surface area contributed by atoms with E-state index < -0.39 is 0 Å². The highest BCUT2D eigenvalue weighted by atomic mass is 35.5. The number of carbonyl (C=O) groups is 1. The van der Waals surface area contributed by atoms with E-state index in [1.165, 1.54) is 0 Å². The average Bonchev–Trinajstić information content (AvgIpc) is 2.96. The zero-order chi connectivity index (χ0) is 15.1. The molecule has 0 unspecified atom stereocenters. The standard InChI is InChI=1S/C16H19ClN2O2/c1-18(16(20)13-19-9-2-3-10-19)8-5-11-21-15-7-4-6-14(17)12-15/h2-4,6-7,9-10,12H,5,8,11,13H2,1H3. The number of carbonyl (C=O) groups excluding carboxylic acids is 1. The summed E-state index contributed by atoms with van der Waals surface area (Å²) in [4.78, 5) is 13.7. The topological polar surface area (TPSA) is 34.5 Å².